The maximum absolute atomic E-state index is 13.8. The van der Waals surface area contributed by atoms with Gasteiger partial charge in [0.05, 0.1) is 32.2 Å². The summed E-state index contributed by atoms with van der Waals surface area (Å²) in [6.45, 7) is 13.2. The van der Waals surface area contributed by atoms with Crippen molar-refractivity contribution in [3.05, 3.63) is 158 Å². The number of hydrogen-bond donors (Lipinski definition) is 8. The van der Waals surface area contributed by atoms with Gasteiger partial charge in [-0.25, -0.2) is 31.4 Å². The second kappa shape index (κ2) is 19.0. The van der Waals surface area contributed by atoms with E-state index in [2.05, 4.69) is 14.8 Å². The van der Waals surface area contributed by atoms with Crippen LogP contribution in [-0.2, 0) is 30.2 Å². The van der Waals surface area contributed by atoms with E-state index in [0.29, 0.717) is 66.7 Å². The molecule has 0 atom stereocenters. The van der Waals surface area contributed by atoms with Crippen LogP contribution in [0.1, 0.15) is 65.2 Å². The number of nitrogens with one attached hydrogen (secondary N) is 3. The van der Waals surface area contributed by atoms with Gasteiger partial charge in [0, 0.05) is 45.6 Å². The number of fused-ring (bicyclic) bond motifs is 2. The average molecular weight is 1060 g/mol. The van der Waals surface area contributed by atoms with Gasteiger partial charge in [-0.15, -0.1) is 0 Å². The largest absolute Gasteiger partial charge is 0.507 e. The highest BCUT2D eigenvalue weighted by atomic mass is 32.2. The molecule has 0 spiro atoms. The second-order valence-corrected chi connectivity index (χ2v) is 22.7. The number of rotatable bonds is 13. The van der Waals surface area contributed by atoms with Crippen LogP contribution < -0.4 is 20.1 Å². The summed E-state index contributed by atoms with van der Waals surface area (Å²) < 4.78 is 103. The highest BCUT2D eigenvalue weighted by molar-refractivity contribution is 7.93. The molecule has 18 nitrogen and oxygen atoms in total. The number of carbonyl (C=O) groups is 2. The Bertz CT molecular complexity index is 4130. The normalized spacial score (nSPS) is 12.3. The zero-order valence-corrected chi connectivity index (χ0v) is 43.3. The molecular weight excluding hydrogens is 1010 g/mol. The number of carboxylic acid groups (broad SMARTS) is 2. The van der Waals surface area contributed by atoms with E-state index < -0.39 is 64.7 Å². The number of sulfonamides is 2. The Hall–Kier alpha value is -8.24. The molecule has 0 amide bonds. The number of phenols is 2. The van der Waals surface area contributed by atoms with Gasteiger partial charge in [-0.05, 0) is 154 Å². The van der Waals surface area contributed by atoms with Gasteiger partial charge < -0.3 is 30.2 Å². The van der Waals surface area contributed by atoms with Gasteiger partial charge in [0.25, 0.3) is 30.2 Å². The fourth-order valence-electron chi connectivity index (χ4n) is 9.04. The quantitative estimate of drug-likeness (QED) is 0.0393. The van der Waals surface area contributed by atoms with Crippen LogP contribution >= 0.6 is 0 Å². The number of anilines is 4. The second-order valence-electron chi connectivity index (χ2n) is 17.9. The van der Waals surface area contributed by atoms with E-state index in [-0.39, 0.29) is 54.1 Å². The van der Waals surface area contributed by atoms with E-state index in [9.17, 15) is 59.8 Å². The van der Waals surface area contributed by atoms with E-state index >= 15 is 0 Å². The SMILES string of the molecule is Cc1cc(S(=O)(=O)Nc2c(C)cc(C)c(N=c3ccc4c(-c5ccccc5S(=O)(=O)O)c5ccc(Nc6c(C)cc(C)c(NS(=O)(=O)c7cc(C)c(O)c(C(=O)O)c7)c6C)cc5oc-4c3)c2C)cc(C(=O)O)c1O. The van der Waals surface area contributed by atoms with Crippen LogP contribution in [0.4, 0.5) is 28.4 Å². The molecule has 1 aliphatic carbocycles. The molecule has 382 valence electrons. The van der Waals surface area contributed by atoms with Crippen molar-refractivity contribution in [3.63, 3.8) is 0 Å². The molecule has 0 bridgehead atoms. The predicted octanol–water partition coefficient (Wildman–Crippen LogP) is 10.3. The van der Waals surface area contributed by atoms with Crippen LogP contribution in [-0.4, -0.2) is 62.2 Å². The average Bonchev–Trinajstić information content (AvgIpc) is 3.32. The summed E-state index contributed by atoms with van der Waals surface area (Å²) >= 11 is 0. The Morgan fingerprint density at radius 2 is 1.08 bits per heavy atom. The van der Waals surface area contributed by atoms with Crippen LogP contribution in [0.15, 0.2) is 121 Å². The molecule has 0 unspecified atom stereocenters. The first-order chi connectivity index (χ1) is 34.6. The Morgan fingerprint density at radius 1 is 0.554 bits per heavy atom. The van der Waals surface area contributed by atoms with Crippen molar-refractivity contribution in [3.8, 4) is 33.9 Å². The molecule has 74 heavy (non-hydrogen) atoms. The zero-order chi connectivity index (χ0) is 54.1. The molecule has 0 aromatic heterocycles. The summed E-state index contributed by atoms with van der Waals surface area (Å²) in [6, 6.07) is 23.5. The molecule has 0 saturated carbocycles. The van der Waals surface area contributed by atoms with Crippen LogP contribution in [0.5, 0.6) is 11.5 Å². The Balaban J connectivity index is 1.25. The lowest BCUT2D eigenvalue weighted by atomic mass is 9.93. The smallest absolute Gasteiger partial charge is 0.339 e. The molecule has 0 radical (unpaired) electrons. The van der Waals surface area contributed by atoms with Crippen LogP contribution in [0.3, 0.4) is 0 Å². The summed E-state index contributed by atoms with van der Waals surface area (Å²) in [4.78, 5) is 27.5. The Morgan fingerprint density at radius 3 is 1.64 bits per heavy atom. The van der Waals surface area contributed by atoms with Crippen LogP contribution in [0, 0.1) is 55.4 Å². The highest BCUT2D eigenvalue weighted by Crippen LogP contribution is 2.44. The van der Waals surface area contributed by atoms with Crippen molar-refractivity contribution in [2.75, 3.05) is 14.8 Å². The predicted molar refractivity (Wildman–Crippen MR) is 279 cm³/mol. The van der Waals surface area contributed by atoms with Gasteiger partial charge in [0.2, 0.25) is 0 Å². The zero-order valence-electron chi connectivity index (χ0n) is 40.8. The van der Waals surface area contributed by atoms with Crippen molar-refractivity contribution in [2.24, 2.45) is 4.99 Å². The number of nitrogens with zero attached hydrogens (tertiary/aromatic N) is 1. The first-order valence-electron chi connectivity index (χ1n) is 22.4. The summed E-state index contributed by atoms with van der Waals surface area (Å²) in [6.07, 6.45) is 0. The molecule has 6 aromatic rings. The van der Waals surface area contributed by atoms with Gasteiger partial charge in [-0.3, -0.25) is 14.0 Å². The minimum absolute atomic E-state index is 0.0441. The van der Waals surface area contributed by atoms with Crippen molar-refractivity contribution in [2.45, 2.75) is 70.1 Å². The van der Waals surface area contributed by atoms with E-state index in [1.807, 2.05) is 6.92 Å². The van der Waals surface area contributed by atoms with Crippen molar-refractivity contribution >= 4 is 81.5 Å². The summed E-state index contributed by atoms with van der Waals surface area (Å²) in [7, 11) is -13.6. The lowest BCUT2D eigenvalue weighted by Crippen LogP contribution is -2.16. The van der Waals surface area contributed by atoms with Gasteiger partial charge in [0.15, 0.2) is 0 Å². The van der Waals surface area contributed by atoms with E-state index in [1.54, 1.807) is 95.3 Å². The lowest BCUT2D eigenvalue weighted by molar-refractivity contribution is 0.0682. The number of aryl methyl sites for hydroxylation is 6. The number of aromatic carboxylic acids is 2. The summed E-state index contributed by atoms with van der Waals surface area (Å²) in [5, 5.41) is 44.0. The van der Waals surface area contributed by atoms with E-state index in [4.69, 9.17) is 9.41 Å². The molecular formula is C53H48N4O14S3. The van der Waals surface area contributed by atoms with E-state index in [1.165, 1.54) is 32.0 Å². The summed E-state index contributed by atoms with van der Waals surface area (Å²) in [5.41, 5.74) is 5.31. The van der Waals surface area contributed by atoms with Gasteiger partial charge in [0.1, 0.15) is 38.9 Å². The molecule has 8 rings (SSSR count). The number of benzene rings is 7. The maximum atomic E-state index is 13.8. The molecule has 0 fully saturated rings. The number of aromatic hydroxyl groups is 2. The minimum atomic E-state index is -4.77. The van der Waals surface area contributed by atoms with Crippen LogP contribution in [0.2, 0.25) is 0 Å². The standard InChI is InChI=1S/C53H48N4O14S3/c1-25-17-27(3)48(56-72(64,65)35-19-29(5)50(58)40(23-35)52(60)61)31(7)46(25)54-33-13-15-37-42(21-33)71-43-22-34(14-16-38(43)45(37)39-11-9-10-12-44(39)74(68,69)70)55-47-26(2)18-28(4)49(32(47)8)57-73(66,67)36-20-30(6)51(59)41(24-36)53(62)63/h9-24,54,56-59H,1-8H3,(H,60,61)(H,62,63)(H,68,69,70). The molecule has 21 heteroatoms. The maximum Gasteiger partial charge on any atom is 0.339 e. The fourth-order valence-corrected chi connectivity index (χ4v) is 12.4. The molecule has 1 aliphatic heterocycles. The summed E-state index contributed by atoms with van der Waals surface area (Å²) in [5.74, 6) is -3.90. The van der Waals surface area contributed by atoms with Crippen molar-refractivity contribution in [1.82, 2.24) is 0 Å². The van der Waals surface area contributed by atoms with Gasteiger partial charge >= 0.3 is 11.9 Å². The molecule has 0 saturated heterocycles. The monoisotopic (exact) mass is 1060 g/mol. The van der Waals surface area contributed by atoms with Crippen LogP contribution in [0.25, 0.3) is 33.4 Å². The third kappa shape index (κ3) is 9.72. The van der Waals surface area contributed by atoms with Gasteiger partial charge in [-0.1, -0.05) is 30.3 Å². The first kappa shape index (κ1) is 52.1. The Labute approximate surface area is 425 Å². The molecule has 1 heterocycles. The van der Waals surface area contributed by atoms with Crippen molar-refractivity contribution in [1.29, 1.82) is 0 Å². The third-order valence-electron chi connectivity index (χ3n) is 12.7. The Kier molecular flexibility index (Phi) is 13.4. The highest BCUT2D eigenvalue weighted by Gasteiger charge is 2.27. The minimum Gasteiger partial charge on any atom is -0.507 e. The van der Waals surface area contributed by atoms with Crippen molar-refractivity contribution < 1.29 is 64.2 Å². The van der Waals surface area contributed by atoms with E-state index in [0.717, 1.165) is 23.8 Å². The number of hydrogen-bond acceptors (Lipinski definition) is 13. The lowest BCUT2D eigenvalue weighted by Gasteiger charge is -2.21. The fraction of sp³-hybridized carbons (Fsp3) is 0.151. The molecule has 2 aliphatic rings. The first-order valence-corrected chi connectivity index (χ1v) is 26.8. The third-order valence-corrected chi connectivity index (χ3v) is 16.2. The van der Waals surface area contributed by atoms with Gasteiger partial charge in [-0.2, -0.15) is 8.42 Å². The topological polar surface area (TPSA) is 299 Å². The number of carboxylic acids is 2. The molecule has 6 aromatic carbocycles. The molecule has 8 N–H and O–H groups in total.